The molecule has 0 unspecified atom stereocenters. The summed E-state index contributed by atoms with van der Waals surface area (Å²) >= 11 is 0. The Morgan fingerprint density at radius 1 is 1.00 bits per heavy atom. The quantitative estimate of drug-likeness (QED) is 0.407. The predicted octanol–water partition coefficient (Wildman–Crippen LogP) is 2.27. The first kappa shape index (κ1) is 10.5. The van der Waals surface area contributed by atoms with Crippen LogP contribution in [0.25, 0.3) is 11.0 Å². The molecule has 88 valence electrons. The zero-order chi connectivity index (χ0) is 12.4. The van der Waals surface area contributed by atoms with Gasteiger partial charge in [-0.05, 0) is 12.1 Å². The molecule has 1 heterocycles. The Kier molecular flexibility index (Phi) is 2.53. The lowest BCUT2D eigenvalue weighted by Crippen LogP contribution is -2.08. The molecule has 2 aromatic carbocycles. The van der Waals surface area contributed by atoms with Gasteiger partial charge in [-0.1, -0.05) is 42.5 Å². The van der Waals surface area contributed by atoms with E-state index in [0.29, 0.717) is 11.5 Å². The largest absolute Gasteiger partial charge is 0.337 e. The van der Waals surface area contributed by atoms with Gasteiger partial charge in [0.2, 0.25) is 0 Å². The van der Waals surface area contributed by atoms with E-state index in [0.717, 1.165) is 16.6 Å². The number of aromatic nitrogens is 2. The molecule has 0 amide bonds. The number of fused-ring (bicyclic) bond motifs is 1. The monoisotopic (exact) mass is 236 g/mol. The highest BCUT2D eigenvalue weighted by molar-refractivity contribution is 6.11. The molecule has 0 saturated carbocycles. The Labute approximate surface area is 104 Å². The summed E-state index contributed by atoms with van der Waals surface area (Å²) in [6, 6.07) is 17.6. The van der Waals surface area contributed by atoms with Gasteiger partial charge in [0.15, 0.2) is 5.82 Å². The molecule has 1 aromatic heterocycles. The van der Waals surface area contributed by atoms with Gasteiger partial charge < -0.3 is 10.8 Å². The number of benzene rings is 2. The molecule has 0 aliphatic rings. The van der Waals surface area contributed by atoms with Crippen LogP contribution in [-0.2, 0) is 0 Å². The maximum atomic E-state index is 5.49. The third-order valence-electron chi connectivity index (χ3n) is 2.79. The predicted molar refractivity (Wildman–Crippen MR) is 72.4 cm³/mol. The van der Waals surface area contributed by atoms with Crippen LogP contribution >= 0.6 is 0 Å². The highest BCUT2D eigenvalue weighted by atomic mass is 15.1. The topological polar surface area (TPSA) is 67.1 Å². The van der Waals surface area contributed by atoms with Gasteiger partial charge in [0, 0.05) is 5.56 Å². The highest BCUT2D eigenvalue weighted by Gasteiger charge is 2.11. The van der Waals surface area contributed by atoms with E-state index in [4.69, 9.17) is 5.84 Å². The number of hydrazone groups is 1. The molecule has 0 aliphatic carbocycles. The van der Waals surface area contributed by atoms with Crippen molar-refractivity contribution in [2.24, 2.45) is 10.9 Å². The van der Waals surface area contributed by atoms with Crippen molar-refractivity contribution in [3.05, 3.63) is 66.0 Å². The number of imidazole rings is 1. The molecule has 0 radical (unpaired) electrons. The SMILES string of the molecule is NN=C(c1ccccc1)c1nc2ccccc2[nH]1. The Morgan fingerprint density at radius 2 is 1.72 bits per heavy atom. The van der Waals surface area contributed by atoms with E-state index in [9.17, 15) is 0 Å². The Bertz CT molecular complexity index is 665. The average molecular weight is 236 g/mol. The van der Waals surface area contributed by atoms with Gasteiger partial charge in [0.05, 0.1) is 11.0 Å². The fourth-order valence-electron chi connectivity index (χ4n) is 1.93. The van der Waals surface area contributed by atoms with Crippen LogP contribution in [0.15, 0.2) is 59.7 Å². The van der Waals surface area contributed by atoms with Crippen LogP contribution in [0.3, 0.4) is 0 Å². The van der Waals surface area contributed by atoms with Gasteiger partial charge in [-0.2, -0.15) is 5.10 Å². The molecule has 0 fully saturated rings. The van der Waals surface area contributed by atoms with Crippen molar-refractivity contribution in [2.75, 3.05) is 0 Å². The van der Waals surface area contributed by atoms with Crippen LogP contribution < -0.4 is 5.84 Å². The van der Waals surface area contributed by atoms with E-state index in [1.165, 1.54) is 0 Å². The average Bonchev–Trinajstić information content (AvgIpc) is 2.84. The van der Waals surface area contributed by atoms with E-state index in [-0.39, 0.29) is 0 Å². The summed E-state index contributed by atoms with van der Waals surface area (Å²) in [5, 5.41) is 3.85. The molecule has 18 heavy (non-hydrogen) atoms. The van der Waals surface area contributed by atoms with Crippen molar-refractivity contribution in [1.29, 1.82) is 0 Å². The first-order chi connectivity index (χ1) is 8.88. The molecular weight excluding hydrogens is 224 g/mol. The highest BCUT2D eigenvalue weighted by Crippen LogP contribution is 2.13. The van der Waals surface area contributed by atoms with Crippen molar-refractivity contribution in [3.8, 4) is 0 Å². The van der Waals surface area contributed by atoms with Crippen molar-refractivity contribution in [2.45, 2.75) is 0 Å². The van der Waals surface area contributed by atoms with Crippen LogP contribution in [0.5, 0.6) is 0 Å². The third kappa shape index (κ3) is 1.73. The first-order valence-corrected chi connectivity index (χ1v) is 5.67. The number of nitrogens with two attached hydrogens (primary N) is 1. The number of hydrogen-bond donors (Lipinski definition) is 2. The van der Waals surface area contributed by atoms with Crippen LogP contribution in [0, 0.1) is 0 Å². The fourth-order valence-corrected chi connectivity index (χ4v) is 1.93. The van der Waals surface area contributed by atoms with Crippen LogP contribution in [0.4, 0.5) is 0 Å². The maximum Gasteiger partial charge on any atom is 0.159 e. The molecule has 3 N–H and O–H groups in total. The van der Waals surface area contributed by atoms with Crippen molar-refractivity contribution >= 4 is 16.7 Å². The summed E-state index contributed by atoms with van der Waals surface area (Å²) < 4.78 is 0. The molecular formula is C14H12N4. The van der Waals surface area contributed by atoms with Crippen LogP contribution in [0.2, 0.25) is 0 Å². The molecule has 0 atom stereocenters. The molecule has 4 nitrogen and oxygen atoms in total. The van der Waals surface area contributed by atoms with E-state index in [2.05, 4.69) is 15.1 Å². The number of aromatic amines is 1. The summed E-state index contributed by atoms with van der Waals surface area (Å²) in [7, 11) is 0. The summed E-state index contributed by atoms with van der Waals surface area (Å²) in [5.74, 6) is 6.17. The van der Waals surface area contributed by atoms with Crippen LogP contribution in [0.1, 0.15) is 11.4 Å². The van der Waals surface area contributed by atoms with Gasteiger partial charge in [0.1, 0.15) is 5.71 Å². The summed E-state index contributed by atoms with van der Waals surface area (Å²) in [5.41, 5.74) is 3.49. The molecule has 3 aromatic rings. The lowest BCUT2D eigenvalue weighted by atomic mass is 10.1. The number of rotatable bonds is 2. The lowest BCUT2D eigenvalue weighted by molar-refractivity contribution is 1.20. The zero-order valence-electron chi connectivity index (χ0n) is 9.67. The first-order valence-electron chi connectivity index (χ1n) is 5.67. The number of para-hydroxylation sites is 2. The second-order valence-corrected chi connectivity index (χ2v) is 3.95. The van der Waals surface area contributed by atoms with E-state index >= 15 is 0 Å². The number of nitrogens with one attached hydrogen (secondary N) is 1. The minimum atomic E-state index is 0.659. The van der Waals surface area contributed by atoms with Crippen molar-refractivity contribution in [3.63, 3.8) is 0 Å². The molecule has 0 bridgehead atoms. The molecule has 0 saturated heterocycles. The lowest BCUT2D eigenvalue weighted by Gasteiger charge is -2.00. The Morgan fingerprint density at radius 3 is 2.44 bits per heavy atom. The van der Waals surface area contributed by atoms with E-state index in [1.807, 2.05) is 54.6 Å². The number of hydrogen-bond acceptors (Lipinski definition) is 3. The second-order valence-electron chi connectivity index (χ2n) is 3.95. The van der Waals surface area contributed by atoms with Gasteiger partial charge in [-0.25, -0.2) is 4.98 Å². The molecule has 4 heteroatoms. The van der Waals surface area contributed by atoms with Gasteiger partial charge in [-0.3, -0.25) is 0 Å². The molecule has 0 spiro atoms. The van der Waals surface area contributed by atoms with E-state index < -0.39 is 0 Å². The van der Waals surface area contributed by atoms with Crippen molar-refractivity contribution < 1.29 is 0 Å². The van der Waals surface area contributed by atoms with Gasteiger partial charge in [0.25, 0.3) is 0 Å². The fraction of sp³-hybridized carbons (Fsp3) is 0. The Balaban J connectivity index is 2.13. The number of nitrogens with zero attached hydrogens (tertiary/aromatic N) is 2. The smallest absolute Gasteiger partial charge is 0.159 e. The van der Waals surface area contributed by atoms with Crippen molar-refractivity contribution in [1.82, 2.24) is 9.97 Å². The Hall–Kier alpha value is -2.62. The number of H-pyrrole nitrogens is 1. The standard InChI is InChI=1S/C14H12N4/c15-18-13(10-6-2-1-3-7-10)14-16-11-8-4-5-9-12(11)17-14/h1-9H,15H2,(H,16,17). The maximum absolute atomic E-state index is 5.49. The summed E-state index contributed by atoms with van der Waals surface area (Å²) in [6.45, 7) is 0. The normalized spacial score (nSPS) is 11.9. The third-order valence-corrected chi connectivity index (χ3v) is 2.79. The van der Waals surface area contributed by atoms with E-state index in [1.54, 1.807) is 0 Å². The summed E-state index contributed by atoms with van der Waals surface area (Å²) in [4.78, 5) is 7.72. The summed E-state index contributed by atoms with van der Waals surface area (Å²) in [6.07, 6.45) is 0. The van der Waals surface area contributed by atoms with Gasteiger partial charge >= 0.3 is 0 Å². The molecule has 3 rings (SSSR count). The minimum absolute atomic E-state index is 0.659. The van der Waals surface area contributed by atoms with Crippen LogP contribution in [-0.4, -0.2) is 15.7 Å². The minimum Gasteiger partial charge on any atom is -0.337 e. The zero-order valence-corrected chi connectivity index (χ0v) is 9.67. The second kappa shape index (κ2) is 4.33. The van der Waals surface area contributed by atoms with Gasteiger partial charge in [-0.15, -0.1) is 0 Å². The molecule has 0 aliphatic heterocycles.